The Bertz CT molecular complexity index is 983. The Kier molecular flexibility index (Phi) is 5.61. The zero-order valence-electron chi connectivity index (χ0n) is 14.9. The number of nitrogens with one attached hydrogen (secondary N) is 2. The van der Waals surface area contributed by atoms with Crippen LogP contribution in [0.5, 0.6) is 0 Å². The third-order valence-electron chi connectivity index (χ3n) is 4.07. The van der Waals surface area contributed by atoms with Gasteiger partial charge in [-0.3, -0.25) is 9.59 Å². The molecule has 0 saturated carbocycles. The maximum absolute atomic E-state index is 13.0. The summed E-state index contributed by atoms with van der Waals surface area (Å²) in [6, 6.07) is 11.4. The van der Waals surface area contributed by atoms with Crippen molar-refractivity contribution in [3.63, 3.8) is 0 Å². The first-order valence-corrected chi connectivity index (χ1v) is 9.17. The topological polar surface area (TPSA) is 71.1 Å². The van der Waals surface area contributed by atoms with Crippen LogP contribution in [0.15, 0.2) is 47.8 Å². The van der Waals surface area contributed by atoms with E-state index in [4.69, 9.17) is 0 Å². The molecule has 5 nitrogen and oxygen atoms in total. The van der Waals surface area contributed by atoms with Gasteiger partial charge in [0.15, 0.2) is 5.13 Å². The van der Waals surface area contributed by atoms with Gasteiger partial charge in [0, 0.05) is 16.5 Å². The molecule has 3 aromatic rings. The summed E-state index contributed by atoms with van der Waals surface area (Å²) in [5.41, 5.74) is 4.04. The first-order valence-electron chi connectivity index (χ1n) is 8.29. The van der Waals surface area contributed by atoms with Crippen LogP contribution in [-0.2, 0) is 4.79 Å². The minimum atomic E-state index is -0.368. The van der Waals surface area contributed by atoms with Gasteiger partial charge in [-0.2, -0.15) is 0 Å². The van der Waals surface area contributed by atoms with Gasteiger partial charge in [0.1, 0.15) is 5.82 Å². The predicted octanol–water partition coefficient (Wildman–Crippen LogP) is 3.93. The van der Waals surface area contributed by atoms with E-state index in [1.165, 1.54) is 23.5 Å². The standard InChI is InChI=1S/C20H18FN3O2S/c1-12-3-4-15(9-13(12)2)19(26)22-10-18(25)24-20-23-17(11-27-20)14-5-7-16(21)8-6-14/h3-9,11H,10H2,1-2H3,(H,22,26)(H,23,24,25). The van der Waals surface area contributed by atoms with E-state index >= 15 is 0 Å². The van der Waals surface area contributed by atoms with Crippen LogP contribution in [0.2, 0.25) is 0 Å². The molecule has 0 aliphatic carbocycles. The third kappa shape index (κ3) is 4.77. The lowest BCUT2D eigenvalue weighted by molar-refractivity contribution is -0.115. The van der Waals surface area contributed by atoms with Gasteiger partial charge in [0.2, 0.25) is 5.91 Å². The highest BCUT2D eigenvalue weighted by atomic mass is 32.1. The number of benzene rings is 2. The fourth-order valence-electron chi connectivity index (χ4n) is 2.39. The van der Waals surface area contributed by atoms with Crippen molar-refractivity contribution in [2.24, 2.45) is 0 Å². The minimum Gasteiger partial charge on any atom is -0.343 e. The van der Waals surface area contributed by atoms with Gasteiger partial charge < -0.3 is 10.6 Å². The average molecular weight is 383 g/mol. The number of carbonyl (C=O) groups excluding carboxylic acids is 2. The first kappa shape index (κ1) is 18.7. The zero-order valence-corrected chi connectivity index (χ0v) is 15.7. The lowest BCUT2D eigenvalue weighted by Crippen LogP contribution is -2.32. The number of anilines is 1. The van der Waals surface area contributed by atoms with Crippen molar-refractivity contribution in [3.8, 4) is 11.3 Å². The molecule has 0 spiro atoms. The number of halogens is 1. The fraction of sp³-hybridized carbons (Fsp3) is 0.150. The molecule has 0 bridgehead atoms. The molecule has 3 rings (SSSR count). The Morgan fingerprint density at radius 3 is 2.52 bits per heavy atom. The second kappa shape index (κ2) is 8.09. The summed E-state index contributed by atoms with van der Waals surface area (Å²) in [7, 11) is 0. The van der Waals surface area contributed by atoms with Crippen molar-refractivity contribution >= 4 is 28.3 Å². The van der Waals surface area contributed by atoms with Gasteiger partial charge in [0.25, 0.3) is 5.91 Å². The zero-order chi connectivity index (χ0) is 19.4. The van der Waals surface area contributed by atoms with E-state index in [9.17, 15) is 14.0 Å². The van der Waals surface area contributed by atoms with Gasteiger partial charge in [-0.25, -0.2) is 9.37 Å². The van der Waals surface area contributed by atoms with Crippen LogP contribution in [0, 0.1) is 19.7 Å². The van der Waals surface area contributed by atoms with Crippen LogP contribution in [-0.4, -0.2) is 23.3 Å². The number of nitrogens with zero attached hydrogens (tertiary/aromatic N) is 1. The van der Waals surface area contributed by atoms with Crippen LogP contribution >= 0.6 is 11.3 Å². The Balaban J connectivity index is 1.55. The van der Waals surface area contributed by atoms with Gasteiger partial charge >= 0.3 is 0 Å². The quantitative estimate of drug-likeness (QED) is 0.701. The van der Waals surface area contributed by atoms with Crippen molar-refractivity contribution < 1.29 is 14.0 Å². The van der Waals surface area contributed by atoms with Crippen LogP contribution in [0.3, 0.4) is 0 Å². The molecule has 2 amide bonds. The summed E-state index contributed by atoms with van der Waals surface area (Å²) in [6.45, 7) is 3.75. The van der Waals surface area contributed by atoms with E-state index in [0.29, 0.717) is 16.4 Å². The van der Waals surface area contributed by atoms with Crippen LogP contribution in [0.4, 0.5) is 9.52 Å². The molecule has 2 N–H and O–H groups in total. The molecule has 0 aliphatic heterocycles. The van der Waals surface area contributed by atoms with E-state index < -0.39 is 0 Å². The molecule has 0 atom stereocenters. The van der Waals surface area contributed by atoms with Crippen molar-refractivity contribution in [1.82, 2.24) is 10.3 Å². The average Bonchev–Trinajstić information content (AvgIpc) is 3.11. The number of aryl methyl sites for hydroxylation is 2. The lowest BCUT2D eigenvalue weighted by atomic mass is 10.1. The summed E-state index contributed by atoms with van der Waals surface area (Å²) in [5, 5.41) is 7.44. The summed E-state index contributed by atoms with van der Waals surface area (Å²) in [6.07, 6.45) is 0. The molecule has 27 heavy (non-hydrogen) atoms. The van der Waals surface area contributed by atoms with Gasteiger partial charge in [-0.15, -0.1) is 11.3 Å². The molecule has 1 aromatic heterocycles. The molecule has 0 unspecified atom stereocenters. The lowest BCUT2D eigenvalue weighted by Gasteiger charge is -2.07. The van der Waals surface area contributed by atoms with E-state index in [1.807, 2.05) is 19.9 Å². The molecule has 7 heteroatoms. The van der Waals surface area contributed by atoms with E-state index in [2.05, 4.69) is 15.6 Å². The Morgan fingerprint density at radius 1 is 1.07 bits per heavy atom. The van der Waals surface area contributed by atoms with Gasteiger partial charge in [-0.05, 0) is 61.4 Å². The van der Waals surface area contributed by atoms with Crippen LogP contribution in [0.25, 0.3) is 11.3 Å². The largest absolute Gasteiger partial charge is 0.343 e. The highest BCUT2D eigenvalue weighted by Crippen LogP contribution is 2.24. The molecular formula is C20H18FN3O2S. The SMILES string of the molecule is Cc1ccc(C(=O)NCC(=O)Nc2nc(-c3ccc(F)cc3)cs2)cc1C. The van der Waals surface area contributed by atoms with Gasteiger partial charge in [0.05, 0.1) is 12.2 Å². The van der Waals surface area contributed by atoms with Crippen LogP contribution in [0.1, 0.15) is 21.5 Å². The maximum atomic E-state index is 13.0. The number of rotatable bonds is 5. The van der Waals surface area contributed by atoms with Crippen LogP contribution < -0.4 is 10.6 Å². The normalized spacial score (nSPS) is 10.5. The summed E-state index contributed by atoms with van der Waals surface area (Å²) >= 11 is 1.26. The second-order valence-electron chi connectivity index (χ2n) is 6.07. The molecule has 1 heterocycles. The number of hydrogen-bond acceptors (Lipinski definition) is 4. The second-order valence-corrected chi connectivity index (χ2v) is 6.93. The smallest absolute Gasteiger partial charge is 0.251 e. The van der Waals surface area contributed by atoms with E-state index in [1.54, 1.807) is 29.6 Å². The fourth-order valence-corrected chi connectivity index (χ4v) is 3.13. The monoisotopic (exact) mass is 383 g/mol. The highest BCUT2D eigenvalue weighted by molar-refractivity contribution is 7.14. The highest BCUT2D eigenvalue weighted by Gasteiger charge is 2.11. The number of aromatic nitrogens is 1. The number of thiazole rings is 1. The molecule has 138 valence electrons. The number of amides is 2. The number of hydrogen-bond donors (Lipinski definition) is 2. The maximum Gasteiger partial charge on any atom is 0.251 e. The third-order valence-corrected chi connectivity index (χ3v) is 4.83. The minimum absolute atomic E-state index is 0.156. The van der Waals surface area contributed by atoms with E-state index in [-0.39, 0.29) is 24.2 Å². The summed E-state index contributed by atoms with van der Waals surface area (Å²) in [4.78, 5) is 28.5. The predicted molar refractivity (Wildman–Crippen MR) is 104 cm³/mol. The Hall–Kier alpha value is -3.06. The molecule has 2 aromatic carbocycles. The first-order chi connectivity index (χ1) is 12.9. The molecule has 0 saturated heterocycles. The molecule has 0 radical (unpaired) electrons. The van der Waals surface area contributed by atoms with Gasteiger partial charge in [-0.1, -0.05) is 6.07 Å². The van der Waals surface area contributed by atoms with E-state index in [0.717, 1.165) is 16.7 Å². The van der Waals surface area contributed by atoms with Crippen molar-refractivity contribution in [1.29, 1.82) is 0 Å². The van der Waals surface area contributed by atoms with Crippen molar-refractivity contribution in [3.05, 3.63) is 70.4 Å². The summed E-state index contributed by atoms with van der Waals surface area (Å²) in [5.74, 6) is -0.992. The molecule has 0 fully saturated rings. The molecule has 0 aliphatic rings. The Labute approximate surface area is 160 Å². The Morgan fingerprint density at radius 2 is 1.81 bits per heavy atom. The molecular weight excluding hydrogens is 365 g/mol. The summed E-state index contributed by atoms with van der Waals surface area (Å²) < 4.78 is 13.0. The van der Waals surface area contributed by atoms with Crippen molar-refractivity contribution in [2.75, 3.05) is 11.9 Å². The van der Waals surface area contributed by atoms with Crippen molar-refractivity contribution in [2.45, 2.75) is 13.8 Å². The number of carbonyl (C=O) groups is 2.